The molecule has 0 aliphatic rings. The molecule has 1 heterocycles. The highest BCUT2D eigenvalue weighted by Crippen LogP contribution is 2.21. The Hall–Kier alpha value is -0.830. The summed E-state index contributed by atoms with van der Waals surface area (Å²) in [5.74, 6) is 1.53. The number of aryl methyl sites for hydroxylation is 1. The van der Waals surface area contributed by atoms with Gasteiger partial charge in [-0.05, 0) is 19.3 Å². The van der Waals surface area contributed by atoms with Crippen molar-refractivity contribution in [2.75, 3.05) is 11.9 Å². The zero-order valence-electron chi connectivity index (χ0n) is 9.98. The standard InChI is InChI=1S/C11H18ClN3/c1-7-9(12)14-8(2)15-10(7)13-6-11(3,4)5/h6H2,1-5H3,(H,13,14,15). The molecule has 0 radical (unpaired) electrons. The highest BCUT2D eigenvalue weighted by molar-refractivity contribution is 6.30. The first-order chi connectivity index (χ1) is 6.79. The third-order valence-electron chi connectivity index (χ3n) is 1.98. The highest BCUT2D eigenvalue weighted by Gasteiger charge is 2.12. The van der Waals surface area contributed by atoms with E-state index in [9.17, 15) is 0 Å². The SMILES string of the molecule is Cc1nc(Cl)c(C)c(NCC(C)(C)C)n1. The fraction of sp³-hybridized carbons (Fsp3) is 0.636. The first-order valence-electron chi connectivity index (χ1n) is 5.04. The predicted molar refractivity (Wildman–Crippen MR) is 64.5 cm³/mol. The second-order valence-corrected chi connectivity index (χ2v) is 5.31. The van der Waals surface area contributed by atoms with Crippen LogP contribution in [0.4, 0.5) is 5.82 Å². The van der Waals surface area contributed by atoms with Crippen molar-refractivity contribution in [1.82, 2.24) is 9.97 Å². The zero-order chi connectivity index (χ0) is 11.6. The minimum absolute atomic E-state index is 0.220. The molecule has 1 rings (SSSR count). The number of rotatable bonds is 2. The molecule has 0 aliphatic carbocycles. The van der Waals surface area contributed by atoms with Crippen molar-refractivity contribution in [2.24, 2.45) is 5.41 Å². The Labute approximate surface area is 96.3 Å². The third kappa shape index (κ3) is 3.67. The summed E-state index contributed by atoms with van der Waals surface area (Å²) in [4.78, 5) is 8.42. The number of aromatic nitrogens is 2. The van der Waals surface area contributed by atoms with Crippen LogP contribution in [0.5, 0.6) is 0 Å². The van der Waals surface area contributed by atoms with Gasteiger partial charge in [0.1, 0.15) is 16.8 Å². The summed E-state index contributed by atoms with van der Waals surface area (Å²) in [5.41, 5.74) is 1.13. The van der Waals surface area contributed by atoms with E-state index in [-0.39, 0.29) is 5.41 Å². The van der Waals surface area contributed by atoms with Crippen LogP contribution in [0.1, 0.15) is 32.2 Å². The van der Waals surface area contributed by atoms with Gasteiger partial charge in [0, 0.05) is 12.1 Å². The van der Waals surface area contributed by atoms with E-state index >= 15 is 0 Å². The molecule has 0 unspecified atom stereocenters. The smallest absolute Gasteiger partial charge is 0.137 e. The maximum absolute atomic E-state index is 5.98. The summed E-state index contributed by atoms with van der Waals surface area (Å²) in [6.07, 6.45) is 0. The van der Waals surface area contributed by atoms with E-state index in [1.165, 1.54) is 0 Å². The second kappa shape index (κ2) is 4.35. The lowest BCUT2D eigenvalue weighted by atomic mass is 9.97. The van der Waals surface area contributed by atoms with Crippen LogP contribution in [0.2, 0.25) is 5.15 Å². The van der Waals surface area contributed by atoms with Gasteiger partial charge < -0.3 is 5.32 Å². The molecule has 0 fully saturated rings. The molecule has 1 N–H and O–H groups in total. The molecule has 0 amide bonds. The topological polar surface area (TPSA) is 37.8 Å². The lowest BCUT2D eigenvalue weighted by molar-refractivity contribution is 0.442. The van der Waals surface area contributed by atoms with Crippen molar-refractivity contribution < 1.29 is 0 Å². The maximum Gasteiger partial charge on any atom is 0.137 e. The molecular weight excluding hydrogens is 210 g/mol. The molecule has 0 atom stereocenters. The van der Waals surface area contributed by atoms with Gasteiger partial charge in [-0.2, -0.15) is 0 Å². The third-order valence-corrected chi connectivity index (χ3v) is 2.35. The summed E-state index contributed by atoms with van der Waals surface area (Å²) in [6.45, 7) is 11.1. The quantitative estimate of drug-likeness (QED) is 0.789. The molecule has 4 heteroatoms. The molecule has 1 aromatic heterocycles. The normalized spacial score (nSPS) is 11.6. The maximum atomic E-state index is 5.98. The minimum atomic E-state index is 0.220. The largest absolute Gasteiger partial charge is 0.369 e. The number of halogens is 1. The van der Waals surface area contributed by atoms with Crippen LogP contribution >= 0.6 is 11.6 Å². The van der Waals surface area contributed by atoms with Crippen molar-refractivity contribution in [3.63, 3.8) is 0 Å². The Bertz CT molecular complexity index is 356. The predicted octanol–water partition coefficient (Wildman–Crippen LogP) is 3.20. The number of anilines is 1. The lowest BCUT2D eigenvalue weighted by Crippen LogP contribution is -2.20. The molecule has 0 saturated heterocycles. The van der Waals surface area contributed by atoms with Crippen molar-refractivity contribution in [1.29, 1.82) is 0 Å². The number of nitrogens with zero attached hydrogens (tertiary/aromatic N) is 2. The van der Waals surface area contributed by atoms with Crippen LogP contribution in [0, 0.1) is 19.3 Å². The summed E-state index contributed by atoms with van der Waals surface area (Å²) in [6, 6.07) is 0. The van der Waals surface area contributed by atoms with Crippen LogP contribution in [-0.2, 0) is 0 Å². The van der Waals surface area contributed by atoms with Crippen molar-refractivity contribution in [3.05, 3.63) is 16.5 Å². The first-order valence-corrected chi connectivity index (χ1v) is 5.42. The van der Waals surface area contributed by atoms with Crippen molar-refractivity contribution in [3.8, 4) is 0 Å². The van der Waals surface area contributed by atoms with E-state index in [2.05, 4.69) is 36.1 Å². The number of nitrogens with one attached hydrogen (secondary N) is 1. The Balaban J connectivity index is 2.86. The van der Waals surface area contributed by atoms with Gasteiger partial charge in [0.05, 0.1) is 0 Å². The van der Waals surface area contributed by atoms with E-state index in [1.807, 2.05) is 13.8 Å². The molecule has 15 heavy (non-hydrogen) atoms. The van der Waals surface area contributed by atoms with Gasteiger partial charge in [0.15, 0.2) is 0 Å². The highest BCUT2D eigenvalue weighted by atomic mass is 35.5. The Morgan fingerprint density at radius 2 is 1.80 bits per heavy atom. The molecule has 0 aromatic carbocycles. The molecule has 0 bridgehead atoms. The minimum Gasteiger partial charge on any atom is -0.369 e. The van der Waals surface area contributed by atoms with Crippen LogP contribution in [-0.4, -0.2) is 16.5 Å². The zero-order valence-corrected chi connectivity index (χ0v) is 10.7. The van der Waals surface area contributed by atoms with Crippen LogP contribution in [0.25, 0.3) is 0 Å². The van der Waals surface area contributed by atoms with Gasteiger partial charge >= 0.3 is 0 Å². The summed E-state index contributed by atoms with van der Waals surface area (Å²) < 4.78 is 0. The van der Waals surface area contributed by atoms with E-state index in [0.717, 1.165) is 17.9 Å². The van der Waals surface area contributed by atoms with Crippen molar-refractivity contribution in [2.45, 2.75) is 34.6 Å². The van der Waals surface area contributed by atoms with Gasteiger partial charge in [-0.15, -0.1) is 0 Å². The van der Waals surface area contributed by atoms with Crippen LogP contribution in [0.3, 0.4) is 0 Å². The molecular formula is C11H18ClN3. The van der Waals surface area contributed by atoms with E-state index < -0.39 is 0 Å². The average molecular weight is 228 g/mol. The monoisotopic (exact) mass is 227 g/mol. The summed E-state index contributed by atoms with van der Waals surface area (Å²) in [5, 5.41) is 3.83. The van der Waals surface area contributed by atoms with E-state index in [0.29, 0.717) is 11.0 Å². The van der Waals surface area contributed by atoms with Gasteiger partial charge in [-0.25, -0.2) is 9.97 Å². The Morgan fingerprint density at radius 3 is 2.33 bits per heavy atom. The molecule has 0 spiro atoms. The first kappa shape index (κ1) is 12.2. The molecule has 3 nitrogen and oxygen atoms in total. The van der Waals surface area contributed by atoms with E-state index in [1.54, 1.807) is 0 Å². The molecule has 0 aliphatic heterocycles. The Kier molecular flexibility index (Phi) is 3.55. The van der Waals surface area contributed by atoms with Gasteiger partial charge in [-0.1, -0.05) is 32.4 Å². The van der Waals surface area contributed by atoms with Gasteiger partial charge in [-0.3, -0.25) is 0 Å². The summed E-state index contributed by atoms with van der Waals surface area (Å²) >= 11 is 5.98. The number of hydrogen-bond donors (Lipinski definition) is 1. The molecule has 84 valence electrons. The van der Waals surface area contributed by atoms with E-state index in [4.69, 9.17) is 11.6 Å². The Morgan fingerprint density at radius 1 is 1.20 bits per heavy atom. The lowest BCUT2D eigenvalue weighted by Gasteiger charge is -2.20. The molecule has 0 saturated carbocycles. The average Bonchev–Trinajstić information content (AvgIpc) is 2.07. The fourth-order valence-corrected chi connectivity index (χ4v) is 1.33. The van der Waals surface area contributed by atoms with Crippen LogP contribution < -0.4 is 5.32 Å². The number of hydrogen-bond acceptors (Lipinski definition) is 3. The van der Waals surface area contributed by atoms with Crippen molar-refractivity contribution >= 4 is 17.4 Å². The second-order valence-electron chi connectivity index (χ2n) is 4.95. The van der Waals surface area contributed by atoms with Gasteiger partial charge in [0.2, 0.25) is 0 Å². The van der Waals surface area contributed by atoms with Gasteiger partial charge in [0.25, 0.3) is 0 Å². The molecule has 1 aromatic rings. The van der Waals surface area contributed by atoms with Crippen LogP contribution in [0.15, 0.2) is 0 Å². The fourth-order valence-electron chi connectivity index (χ4n) is 1.12. The summed E-state index contributed by atoms with van der Waals surface area (Å²) in [7, 11) is 0.